The molecule has 1 atom stereocenters. The number of hydrogen-bond donors (Lipinski definition) is 3. The van der Waals surface area contributed by atoms with Crippen molar-refractivity contribution in [3.05, 3.63) is 18.0 Å². The third kappa shape index (κ3) is 2.47. The number of amides is 2. The van der Waals surface area contributed by atoms with Gasteiger partial charge in [-0.1, -0.05) is 0 Å². The highest BCUT2D eigenvalue weighted by Gasteiger charge is 2.24. The summed E-state index contributed by atoms with van der Waals surface area (Å²) in [5.74, 6) is -0.221. The zero-order valence-electron chi connectivity index (χ0n) is 10.6. The monoisotopic (exact) mass is 250 g/mol. The van der Waals surface area contributed by atoms with Crippen molar-refractivity contribution in [3.8, 4) is 0 Å². The smallest absolute Gasteiger partial charge is 0.268 e. The van der Waals surface area contributed by atoms with Crippen molar-refractivity contribution in [2.24, 2.45) is 0 Å². The Morgan fingerprint density at radius 3 is 2.89 bits per heavy atom. The summed E-state index contributed by atoms with van der Waals surface area (Å²) in [5.41, 5.74) is 6.81. The fourth-order valence-corrected chi connectivity index (χ4v) is 2.08. The minimum Gasteiger partial charge on any atom is -0.397 e. The van der Waals surface area contributed by atoms with E-state index in [1.54, 1.807) is 12.3 Å². The number of nitrogens with one attached hydrogen (secondary N) is 2. The molecule has 2 amide bonds. The number of nitrogens with two attached hydrogens (primary N) is 1. The number of rotatable bonds is 3. The minimum absolute atomic E-state index is 0.0287. The van der Waals surface area contributed by atoms with Gasteiger partial charge in [-0.15, -0.1) is 0 Å². The Balaban J connectivity index is 2.11. The third-order valence-corrected chi connectivity index (χ3v) is 2.97. The lowest BCUT2D eigenvalue weighted by molar-refractivity contribution is -0.119. The lowest BCUT2D eigenvalue weighted by atomic mass is 10.2. The van der Waals surface area contributed by atoms with E-state index in [1.165, 1.54) is 0 Å². The molecular formula is C12H18N4O2. The van der Waals surface area contributed by atoms with E-state index in [0.29, 0.717) is 24.3 Å². The summed E-state index contributed by atoms with van der Waals surface area (Å²) in [6, 6.07) is 1.67. The Bertz CT molecular complexity index is 478. The van der Waals surface area contributed by atoms with Crippen molar-refractivity contribution >= 4 is 17.5 Å². The van der Waals surface area contributed by atoms with Crippen LogP contribution in [0.3, 0.4) is 0 Å². The van der Waals surface area contributed by atoms with Crippen LogP contribution in [0, 0.1) is 0 Å². The maximum Gasteiger partial charge on any atom is 0.268 e. The lowest BCUT2D eigenvalue weighted by Crippen LogP contribution is -2.37. The van der Waals surface area contributed by atoms with Gasteiger partial charge in [-0.25, -0.2) is 0 Å². The van der Waals surface area contributed by atoms with Crippen LogP contribution in [0.5, 0.6) is 0 Å². The molecule has 0 aliphatic carbocycles. The Hall–Kier alpha value is -1.98. The predicted octanol–water partition coefficient (Wildman–Crippen LogP) is 0.269. The standard InChI is InChI=1S/C12H18N4O2/c1-7(2)16-6-8(13)3-10(16)12(18)15-9-4-11(17)14-5-9/h3,6-7,9H,4-5,13H2,1-2H3,(H,14,17)(H,15,18). The molecule has 0 bridgehead atoms. The van der Waals surface area contributed by atoms with Crippen LogP contribution in [0.2, 0.25) is 0 Å². The van der Waals surface area contributed by atoms with E-state index in [-0.39, 0.29) is 23.9 Å². The van der Waals surface area contributed by atoms with Crippen LogP contribution in [0.25, 0.3) is 0 Å². The quantitative estimate of drug-likeness (QED) is 0.719. The zero-order chi connectivity index (χ0) is 13.3. The fourth-order valence-electron chi connectivity index (χ4n) is 2.08. The maximum atomic E-state index is 12.1. The molecule has 98 valence electrons. The number of carbonyl (C=O) groups is 2. The summed E-state index contributed by atoms with van der Waals surface area (Å²) >= 11 is 0. The van der Waals surface area contributed by atoms with Crippen molar-refractivity contribution in [1.82, 2.24) is 15.2 Å². The van der Waals surface area contributed by atoms with Gasteiger partial charge in [0.2, 0.25) is 5.91 Å². The molecule has 18 heavy (non-hydrogen) atoms. The predicted molar refractivity (Wildman–Crippen MR) is 68.1 cm³/mol. The van der Waals surface area contributed by atoms with Gasteiger partial charge in [0.25, 0.3) is 5.91 Å². The van der Waals surface area contributed by atoms with Crippen LogP contribution >= 0.6 is 0 Å². The first-order valence-corrected chi connectivity index (χ1v) is 6.02. The molecule has 1 aliphatic rings. The Morgan fingerprint density at radius 2 is 2.33 bits per heavy atom. The SMILES string of the molecule is CC(C)n1cc(N)cc1C(=O)NC1CNC(=O)C1. The average molecular weight is 250 g/mol. The topological polar surface area (TPSA) is 89.2 Å². The molecule has 4 N–H and O–H groups in total. The molecule has 0 saturated carbocycles. The van der Waals surface area contributed by atoms with E-state index in [0.717, 1.165) is 0 Å². The normalized spacial score (nSPS) is 19.1. The van der Waals surface area contributed by atoms with Gasteiger partial charge in [0, 0.05) is 25.2 Å². The first-order chi connectivity index (χ1) is 8.47. The second-order valence-electron chi connectivity index (χ2n) is 4.84. The van der Waals surface area contributed by atoms with E-state index in [1.807, 2.05) is 18.4 Å². The van der Waals surface area contributed by atoms with Crippen LogP contribution in [-0.4, -0.2) is 29.0 Å². The number of hydrogen-bond acceptors (Lipinski definition) is 3. The maximum absolute atomic E-state index is 12.1. The fraction of sp³-hybridized carbons (Fsp3) is 0.500. The molecule has 1 fully saturated rings. The van der Waals surface area contributed by atoms with Gasteiger partial charge in [-0.3, -0.25) is 9.59 Å². The Labute approximate surface area is 106 Å². The molecule has 1 unspecified atom stereocenters. The highest BCUT2D eigenvalue weighted by molar-refractivity contribution is 5.94. The first kappa shape index (κ1) is 12.5. The zero-order valence-corrected chi connectivity index (χ0v) is 10.6. The molecule has 1 aromatic heterocycles. The second-order valence-corrected chi connectivity index (χ2v) is 4.84. The molecular weight excluding hydrogens is 232 g/mol. The van der Waals surface area contributed by atoms with Crippen molar-refractivity contribution in [2.45, 2.75) is 32.4 Å². The van der Waals surface area contributed by atoms with Crippen LogP contribution in [-0.2, 0) is 4.79 Å². The first-order valence-electron chi connectivity index (χ1n) is 6.02. The molecule has 0 radical (unpaired) electrons. The Kier molecular flexibility index (Phi) is 3.27. The van der Waals surface area contributed by atoms with Gasteiger partial charge in [0.1, 0.15) is 5.69 Å². The van der Waals surface area contributed by atoms with Crippen molar-refractivity contribution in [2.75, 3.05) is 12.3 Å². The number of nitrogen functional groups attached to an aromatic ring is 1. The summed E-state index contributed by atoms with van der Waals surface area (Å²) in [6.07, 6.45) is 2.08. The van der Waals surface area contributed by atoms with Gasteiger partial charge < -0.3 is 20.9 Å². The highest BCUT2D eigenvalue weighted by atomic mass is 16.2. The summed E-state index contributed by atoms with van der Waals surface area (Å²) in [7, 11) is 0. The molecule has 6 nitrogen and oxygen atoms in total. The van der Waals surface area contributed by atoms with E-state index in [9.17, 15) is 9.59 Å². The van der Waals surface area contributed by atoms with Crippen LogP contribution in [0.1, 0.15) is 36.8 Å². The molecule has 1 saturated heterocycles. The second kappa shape index (κ2) is 4.72. The summed E-state index contributed by atoms with van der Waals surface area (Å²) in [4.78, 5) is 23.2. The van der Waals surface area contributed by atoms with Crippen molar-refractivity contribution < 1.29 is 9.59 Å². The summed E-state index contributed by atoms with van der Waals surface area (Å²) < 4.78 is 1.83. The largest absolute Gasteiger partial charge is 0.397 e. The molecule has 0 spiro atoms. The van der Waals surface area contributed by atoms with Gasteiger partial charge in [0.15, 0.2) is 0 Å². The third-order valence-electron chi connectivity index (χ3n) is 2.97. The van der Waals surface area contributed by atoms with E-state index < -0.39 is 0 Å². The van der Waals surface area contributed by atoms with Crippen molar-refractivity contribution in [1.29, 1.82) is 0 Å². The molecule has 0 aromatic carbocycles. The molecule has 1 aliphatic heterocycles. The summed E-state index contributed by atoms with van der Waals surface area (Å²) in [6.45, 7) is 4.45. The average Bonchev–Trinajstić information content (AvgIpc) is 2.85. The van der Waals surface area contributed by atoms with Crippen LogP contribution in [0.4, 0.5) is 5.69 Å². The van der Waals surface area contributed by atoms with Gasteiger partial charge in [-0.05, 0) is 19.9 Å². The van der Waals surface area contributed by atoms with Crippen molar-refractivity contribution in [3.63, 3.8) is 0 Å². The van der Waals surface area contributed by atoms with Gasteiger partial charge in [-0.2, -0.15) is 0 Å². The molecule has 6 heteroatoms. The number of carbonyl (C=O) groups excluding carboxylic acids is 2. The van der Waals surface area contributed by atoms with E-state index in [2.05, 4.69) is 10.6 Å². The number of aromatic nitrogens is 1. The molecule has 2 rings (SSSR count). The highest BCUT2D eigenvalue weighted by Crippen LogP contribution is 2.16. The number of anilines is 1. The summed E-state index contributed by atoms with van der Waals surface area (Å²) in [5, 5.41) is 5.52. The Morgan fingerprint density at radius 1 is 1.61 bits per heavy atom. The van der Waals surface area contributed by atoms with Gasteiger partial charge >= 0.3 is 0 Å². The molecule has 2 heterocycles. The molecule has 1 aromatic rings. The van der Waals surface area contributed by atoms with Gasteiger partial charge in [0.05, 0.1) is 11.7 Å². The van der Waals surface area contributed by atoms with E-state index in [4.69, 9.17) is 5.73 Å². The number of nitrogens with zero attached hydrogens (tertiary/aromatic N) is 1. The van der Waals surface area contributed by atoms with E-state index >= 15 is 0 Å². The van der Waals surface area contributed by atoms with Crippen LogP contribution in [0.15, 0.2) is 12.3 Å². The van der Waals surface area contributed by atoms with Crippen LogP contribution < -0.4 is 16.4 Å². The lowest BCUT2D eigenvalue weighted by Gasteiger charge is -2.14. The minimum atomic E-state index is -0.193.